The van der Waals surface area contributed by atoms with E-state index >= 15 is 0 Å². The van der Waals surface area contributed by atoms with E-state index in [2.05, 4.69) is 0 Å². The van der Waals surface area contributed by atoms with Crippen LogP contribution in [0.25, 0.3) is 0 Å². The van der Waals surface area contributed by atoms with Crippen molar-refractivity contribution in [2.45, 2.75) is 26.3 Å². The van der Waals surface area contributed by atoms with Crippen LogP contribution in [0, 0.1) is 0 Å². The fraction of sp³-hybridized carbons (Fsp3) is 1.00. The molecule has 0 atom stereocenters. The molecule has 7 nitrogen and oxygen atoms in total. The molecule has 0 amide bonds. The van der Waals surface area contributed by atoms with E-state index in [0.29, 0.717) is 23.5 Å². The fourth-order valence-corrected chi connectivity index (χ4v) is 4.25. The van der Waals surface area contributed by atoms with Crippen molar-refractivity contribution in [3.05, 3.63) is 0 Å². The highest BCUT2D eigenvalue weighted by atomic mass is 32.2. The lowest BCUT2D eigenvalue weighted by Crippen LogP contribution is -2.46. The SMILES string of the molecule is C.CO[Si](CCC[N+](C)(C)CCCS(=O)(=O)[O-])(OC)OC.F.[2HH].[B].[HH]. The molecule has 11 heteroatoms. The Kier molecular flexibility index (Phi) is 17.8. The first-order valence-corrected chi connectivity index (χ1v) is 10.0. The second kappa shape index (κ2) is 13.3. The minimum Gasteiger partial charge on any atom is -0.748 e. The van der Waals surface area contributed by atoms with E-state index in [4.69, 9.17) is 13.3 Å². The number of hydrogen-bond acceptors (Lipinski definition) is 6. The normalized spacial score (nSPS) is 11.9. The molecule has 0 aromatic heterocycles. The lowest BCUT2D eigenvalue weighted by Gasteiger charge is -2.31. The van der Waals surface area contributed by atoms with Crippen LogP contribution < -0.4 is 0 Å². The maximum absolute atomic E-state index is 10.6. The minimum atomic E-state index is -4.12. The van der Waals surface area contributed by atoms with Crippen molar-refractivity contribution in [3.63, 3.8) is 0 Å². The number of hydrogen-bond donors (Lipinski definition) is 0. The van der Waals surface area contributed by atoms with Crippen LogP contribution in [0.2, 0.25) is 6.04 Å². The average molecular weight is 381 g/mol. The second-order valence-electron chi connectivity index (χ2n) is 5.40. The molecule has 3 radical (unpaired) electrons. The Bertz CT molecular complexity index is 384. The molecule has 0 aromatic carbocycles. The predicted molar refractivity (Wildman–Crippen MR) is 96.4 cm³/mol. The van der Waals surface area contributed by atoms with Crippen molar-refractivity contribution in [2.75, 3.05) is 54.3 Å². The van der Waals surface area contributed by atoms with Crippen LogP contribution in [0.1, 0.15) is 23.1 Å². The van der Waals surface area contributed by atoms with E-state index in [1.54, 1.807) is 21.3 Å². The zero-order chi connectivity index (χ0) is 15.9. The van der Waals surface area contributed by atoms with Gasteiger partial charge in [-0.25, -0.2) is 8.42 Å². The molecule has 23 heavy (non-hydrogen) atoms. The Balaban J connectivity index is -0.000000180. The summed E-state index contributed by atoms with van der Waals surface area (Å²) in [7, 11) is 2.11. The van der Waals surface area contributed by atoms with Gasteiger partial charge >= 0.3 is 8.80 Å². The van der Waals surface area contributed by atoms with Crippen molar-refractivity contribution in [1.29, 1.82) is 0 Å². The first-order chi connectivity index (χ1) is 9.10. The van der Waals surface area contributed by atoms with Gasteiger partial charge < -0.3 is 22.3 Å². The van der Waals surface area contributed by atoms with Crippen LogP contribution in [0.4, 0.5) is 4.70 Å². The highest BCUT2D eigenvalue weighted by Crippen LogP contribution is 2.16. The summed E-state index contributed by atoms with van der Waals surface area (Å²) in [4.78, 5) is 0. The Morgan fingerprint density at radius 1 is 1.09 bits per heavy atom. The molecule has 0 saturated carbocycles. The Hall–Kier alpha value is -0.0382. The summed E-state index contributed by atoms with van der Waals surface area (Å²) in [6.07, 6.45) is 1.22. The van der Waals surface area contributed by atoms with Crippen LogP contribution >= 0.6 is 0 Å². The zero-order valence-electron chi connectivity index (χ0n) is 14.0. The second-order valence-corrected chi connectivity index (χ2v) is 10.0. The van der Waals surface area contributed by atoms with Gasteiger partial charge in [0.05, 0.1) is 37.3 Å². The molecular formula is C12H36BFNO6SSi. The van der Waals surface area contributed by atoms with Crippen molar-refractivity contribution in [2.24, 2.45) is 0 Å². The van der Waals surface area contributed by atoms with Gasteiger partial charge in [-0.3, -0.25) is 4.70 Å². The molecule has 0 fully saturated rings. The van der Waals surface area contributed by atoms with Gasteiger partial charge in [0, 0.05) is 57.2 Å². The van der Waals surface area contributed by atoms with E-state index in [9.17, 15) is 13.0 Å². The summed E-state index contributed by atoms with van der Waals surface area (Å²) in [5.41, 5.74) is 0. The molecule has 0 spiro atoms. The molecule has 0 aliphatic carbocycles. The molecule has 0 unspecified atom stereocenters. The summed E-state index contributed by atoms with van der Waals surface area (Å²) in [6.45, 7) is 1.48. The lowest BCUT2D eigenvalue weighted by molar-refractivity contribution is -0.890. The highest BCUT2D eigenvalue weighted by molar-refractivity contribution is 7.85. The maximum atomic E-state index is 10.6. The standard InChI is InChI=1S/C11H27NO6SSi.CH4.B.FH.2H2/c1-12(2,8-6-10-19(13,14)15)9-7-11-20(16-3,17-4)18-5;;;;;/h6-11H2,1-5H3;1H4;;3*1H/i;;;;1+1;. The molecule has 0 N–H and O–H groups in total. The number of nitrogens with zero attached hydrogens (tertiary/aromatic N) is 1. The van der Waals surface area contributed by atoms with Gasteiger partial charge in [-0.15, -0.1) is 0 Å². The van der Waals surface area contributed by atoms with Gasteiger partial charge in [0.1, 0.15) is 0 Å². The molecule has 0 rings (SSSR count). The fourth-order valence-electron chi connectivity index (χ4n) is 2.06. The predicted octanol–water partition coefficient (Wildman–Crippen LogP) is 1.17. The molecule has 0 saturated heterocycles. The Labute approximate surface area is 146 Å². The molecule has 0 aliphatic rings. The van der Waals surface area contributed by atoms with Crippen molar-refractivity contribution < 1.29 is 38.3 Å². The van der Waals surface area contributed by atoms with Gasteiger partial charge in [-0.1, -0.05) is 7.43 Å². The summed E-state index contributed by atoms with van der Waals surface area (Å²) in [5, 5.41) is 0. The van der Waals surface area contributed by atoms with Gasteiger partial charge in [0.25, 0.3) is 0 Å². The molecular weight excluding hydrogens is 344 g/mol. The molecule has 0 bridgehead atoms. The Morgan fingerprint density at radius 2 is 1.48 bits per heavy atom. The van der Waals surface area contributed by atoms with E-state index in [1.807, 2.05) is 14.1 Å². The molecule has 0 aliphatic heterocycles. The maximum Gasteiger partial charge on any atom is 0.500 e. The third-order valence-corrected chi connectivity index (χ3v) is 6.96. The summed E-state index contributed by atoms with van der Waals surface area (Å²) < 4.78 is 48.4. The lowest BCUT2D eigenvalue weighted by atomic mass is 10.3. The van der Waals surface area contributed by atoms with Crippen molar-refractivity contribution in [3.8, 4) is 0 Å². The summed E-state index contributed by atoms with van der Waals surface area (Å²) in [5.74, 6) is -0.304. The summed E-state index contributed by atoms with van der Waals surface area (Å²) in [6, 6.07) is 0.706. The zero-order valence-corrected chi connectivity index (χ0v) is 15.8. The monoisotopic (exact) mass is 381 g/mol. The number of quaternary nitrogens is 1. The largest absolute Gasteiger partial charge is 0.748 e. The first-order valence-electron chi connectivity index (χ1n) is 6.51. The average Bonchev–Trinajstić information content (AvgIpc) is 2.33. The van der Waals surface area contributed by atoms with E-state index in [1.165, 1.54) is 0 Å². The minimum absolute atomic E-state index is 0. The van der Waals surface area contributed by atoms with Crippen molar-refractivity contribution in [1.82, 2.24) is 0 Å². The third-order valence-electron chi connectivity index (χ3n) is 3.34. The van der Waals surface area contributed by atoms with Crippen LogP contribution in [0.5, 0.6) is 0 Å². The highest BCUT2D eigenvalue weighted by Gasteiger charge is 2.37. The number of halogens is 1. The van der Waals surface area contributed by atoms with Gasteiger partial charge in [-0.2, -0.15) is 0 Å². The number of rotatable bonds is 11. The van der Waals surface area contributed by atoms with Gasteiger partial charge in [0.2, 0.25) is 0 Å². The molecule has 0 heterocycles. The van der Waals surface area contributed by atoms with E-state index in [-0.39, 0.29) is 29.2 Å². The van der Waals surface area contributed by atoms with E-state index < -0.39 is 18.9 Å². The third kappa shape index (κ3) is 14.0. The van der Waals surface area contributed by atoms with Gasteiger partial charge in [-0.05, 0) is 0 Å². The van der Waals surface area contributed by atoms with Crippen LogP contribution in [0.3, 0.4) is 0 Å². The summed E-state index contributed by atoms with van der Waals surface area (Å²) >= 11 is 0. The van der Waals surface area contributed by atoms with Crippen LogP contribution in [-0.4, -0.2) is 88.9 Å². The molecule has 0 aromatic rings. The van der Waals surface area contributed by atoms with E-state index in [0.717, 1.165) is 13.0 Å². The smallest absolute Gasteiger partial charge is 0.500 e. The Morgan fingerprint density at radius 3 is 1.83 bits per heavy atom. The topological polar surface area (TPSA) is 84.9 Å². The van der Waals surface area contributed by atoms with Crippen LogP contribution in [-0.2, 0) is 23.4 Å². The first kappa shape index (κ1) is 30.8. The quantitative estimate of drug-likeness (QED) is 0.303. The van der Waals surface area contributed by atoms with Crippen LogP contribution in [0.15, 0.2) is 0 Å². The van der Waals surface area contributed by atoms with Gasteiger partial charge in [0.15, 0.2) is 0 Å². The van der Waals surface area contributed by atoms with Crippen molar-refractivity contribution >= 4 is 27.3 Å². The molecule has 145 valence electrons.